The molecule has 0 heterocycles. The summed E-state index contributed by atoms with van der Waals surface area (Å²) in [4.78, 5) is 0. The van der Waals surface area contributed by atoms with Gasteiger partial charge in [0.15, 0.2) is 0 Å². The topological polar surface area (TPSA) is 0 Å². The van der Waals surface area contributed by atoms with E-state index >= 15 is 0 Å². The molecule has 0 aromatic heterocycles. The van der Waals surface area contributed by atoms with Crippen molar-refractivity contribution in [3.63, 3.8) is 0 Å². The van der Waals surface area contributed by atoms with Crippen molar-refractivity contribution in [2.24, 2.45) is 23.7 Å². The standard InChI is InChI=1S/C12H22S/c1-9-4-5-12(8-9)11(3)10(2)6-7-13/h6-7,9-13H,4-5,8H2,1-3H3/b7-6+. The van der Waals surface area contributed by atoms with Crippen LogP contribution in [0.1, 0.15) is 40.0 Å². The molecule has 0 N–H and O–H groups in total. The van der Waals surface area contributed by atoms with Crippen molar-refractivity contribution >= 4 is 12.6 Å². The second-order valence-corrected chi connectivity index (χ2v) is 5.04. The molecule has 76 valence electrons. The predicted molar refractivity (Wildman–Crippen MR) is 63.0 cm³/mol. The molecular weight excluding hydrogens is 176 g/mol. The van der Waals surface area contributed by atoms with Crippen LogP contribution in [0.5, 0.6) is 0 Å². The van der Waals surface area contributed by atoms with Crippen LogP contribution in [0.15, 0.2) is 11.5 Å². The van der Waals surface area contributed by atoms with E-state index < -0.39 is 0 Å². The molecular formula is C12H22S. The lowest BCUT2D eigenvalue weighted by Crippen LogP contribution is -2.15. The van der Waals surface area contributed by atoms with Crippen LogP contribution in [0.3, 0.4) is 0 Å². The van der Waals surface area contributed by atoms with Crippen molar-refractivity contribution < 1.29 is 0 Å². The SMILES string of the molecule is CC1CCC(C(C)C(C)/C=C/S)C1. The summed E-state index contributed by atoms with van der Waals surface area (Å²) in [5.74, 6) is 3.43. The third-order valence-electron chi connectivity index (χ3n) is 3.70. The Kier molecular flexibility index (Phi) is 4.37. The molecule has 4 unspecified atom stereocenters. The summed E-state index contributed by atoms with van der Waals surface area (Å²) in [6, 6.07) is 0. The van der Waals surface area contributed by atoms with Crippen LogP contribution in [-0.2, 0) is 0 Å². The van der Waals surface area contributed by atoms with Crippen molar-refractivity contribution in [2.75, 3.05) is 0 Å². The van der Waals surface area contributed by atoms with Crippen LogP contribution in [-0.4, -0.2) is 0 Å². The minimum atomic E-state index is 0.688. The summed E-state index contributed by atoms with van der Waals surface area (Å²) in [7, 11) is 0. The van der Waals surface area contributed by atoms with E-state index in [1.807, 2.05) is 5.41 Å². The van der Waals surface area contributed by atoms with Gasteiger partial charge in [0.1, 0.15) is 0 Å². The lowest BCUT2D eigenvalue weighted by molar-refractivity contribution is 0.297. The van der Waals surface area contributed by atoms with E-state index in [2.05, 4.69) is 39.5 Å². The quantitative estimate of drug-likeness (QED) is 0.647. The summed E-state index contributed by atoms with van der Waals surface area (Å²) in [5, 5.41) is 1.89. The first-order valence-electron chi connectivity index (χ1n) is 5.46. The van der Waals surface area contributed by atoms with E-state index in [0.29, 0.717) is 5.92 Å². The zero-order chi connectivity index (χ0) is 9.84. The molecule has 1 aliphatic carbocycles. The van der Waals surface area contributed by atoms with Gasteiger partial charge in [-0.05, 0) is 41.9 Å². The number of hydrogen-bond donors (Lipinski definition) is 1. The van der Waals surface area contributed by atoms with E-state index in [-0.39, 0.29) is 0 Å². The Balaban J connectivity index is 2.42. The fourth-order valence-electron chi connectivity index (χ4n) is 2.47. The van der Waals surface area contributed by atoms with Crippen molar-refractivity contribution in [1.82, 2.24) is 0 Å². The number of allylic oxidation sites excluding steroid dienone is 1. The van der Waals surface area contributed by atoms with Gasteiger partial charge in [0.05, 0.1) is 0 Å². The van der Waals surface area contributed by atoms with Crippen LogP contribution in [0, 0.1) is 23.7 Å². The molecule has 1 rings (SSSR count). The molecule has 13 heavy (non-hydrogen) atoms. The molecule has 0 bridgehead atoms. The van der Waals surface area contributed by atoms with Crippen LogP contribution < -0.4 is 0 Å². The smallest absolute Gasteiger partial charge is 0.0226 e. The summed E-state index contributed by atoms with van der Waals surface area (Å²) in [6.45, 7) is 7.08. The fourth-order valence-corrected chi connectivity index (χ4v) is 2.74. The Labute approximate surface area is 88.2 Å². The van der Waals surface area contributed by atoms with Gasteiger partial charge in [-0.2, -0.15) is 12.6 Å². The monoisotopic (exact) mass is 198 g/mol. The minimum absolute atomic E-state index is 0.688. The average Bonchev–Trinajstić information content (AvgIpc) is 2.51. The summed E-state index contributed by atoms with van der Waals surface area (Å²) < 4.78 is 0. The second kappa shape index (κ2) is 5.09. The molecule has 0 nitrogen and oxygen atoms in total. The zero-order valence-corrected chi connectivity index (χ0v) is 9.93. The van der Waals surface area contributed by atoms with Crippen molar-refractivity contribution in [3.05, 3.63) is 11.5 Å². The van der Waals surface area contributed by atoms with Gasteiger partial charge in [0.25, 0.3) is 0 Å². The minimum Gasteiger partial charge on any atom is -0.152 e. The Morgan fingerprint density at radius 3 is 2.46 bits per heavy atom. The number of rotatable bonds is 3. The fraction of sp³-hybridized carbons (Fsp3) is 0.833. The van der Waals surface area contributed by atoms with E-state index in [0.717, 1.165) is 17.8 Å². The molecule has 0 spiro atoms. The summed E-state index contributed by atoms with van der Waals surface area (Å²) in [5.41, 5.74) is 0. The Bertz CT molecular complexity index is 174. The van der Waals surface area contributed by atoms with Crippen molar-refractivity contribution in [3.8, 4) is 0 Å². The molecule has 1 fully saturated rings. The van der Waals surface area contributed by atoms with Crippen molar-refractivity contribution in [1.29, 1.82) is 0 Å². The molecule has 4 atom stereocenters. The van der Waals surface area contributed by atoms with Gasteiger partial charge in [-0.3, -0.25) is 0 Å². The van der Waals surface area contributed by atoms with Gasteiger partial charge in [0, 0.05) is 0 Å². The summed E-state index contributed by atoms with van der Waals surface area (Å²) in [6.07, 6.45) is 6.53. The Morgan fingerprint density at radius 2 is 2.00 bits per heavy atom. The Hall–Kier alpha value is 0.0900. The highest BCUT2D eigenvalue weighted by Crippen LogP contribution is 2.38. The van der Waals surface area contributed by atoms with Gasteiger partial charge in [-0.15, -0.1) is 0 Å². The zero-order valence-electron chi connectivity index (χ0n) is 9.03. The maximum Gasteiger partial charge on any atom is -0.0226 e. The van der Waals surface area contributed by atoms with Crippen LogP contribution >= 0.6 is 12.6 Å². The van der Waals surface area contributed by atoms with Crippen molar-refractivity contribution in [2.45, 2.75) is 40.0 Å². The highest BCUT2D eigenvalue weighted by molar-refractivity contribution is 7.83. The highest BCUT2D eigenvalue weighted by atomic mass is 32.1. The normalized spacial score (nSPS) is 33.8. The van der Waals surface area contributed by atoms with E-state index in [9.17, 15) is 0 Å². The second-order valence-electron chi connectivity index (χ2n) is 4.74. The molecule has 1 heteroatoms. The first-order chi connectivity index (χ1) is 6.15. The molecule has 1 saturated carbocycles. The molecule has 0 radical (unpaired) electrons. The number of thiol groups is 1. The molecule has 0 aromatic rings. The lowest BCUT2D eigenvalue weighted by Gasteiger charge is -2.23. The predicted octanol–water partition coefficient (Wildman–Crippen LogP) is 4.14. The Morgan fingerprint density at radius 1 is 1.31 bits per heavy atom. The first kappa shape index (κ1) is 11.2. The first-order valence-corrected chi connectivity index (χ1v) is 5.97. The highest BCUT2D eigenvalue weighted by Gasteiger charge is 2.27. The average molecular weight is 198 g/mol. The summed E-state index contributed by atoms with van der Waals surface area (Å²) >= 11 is 4.13. The number of hydrogen-bond acceptors (Lipinski definition) is 1. The maximum atomic E-state index is 4.13. The third-order valence-corrected chi connectivity index (χ3v) is 3.87. The van der Waals surface area contributed by atoms with Gasteiger partial charge >= 0.3 is 0 Å². The van der Waals surface area contributed by atoms with Crippen LogP contribution in [0.25, 0.3) is 0 Å². The largest absolute Gasteiger partial charge is 0.152 e. The third kappa shape index (κ3) is 3.05. The van der Waals surface area contributed by atoms with Gasteiger partial charge in [-0.1, -0.05) is 33.3 Å². The van der Waals surface area contributed by atoms with Crippen LogP contribution in [0.2, 0.25) is 0 Å². The molecule has 0 aromatic carbocycles. The molecule has 0 aliphatic heterocycles. The van der Waals surface area contributed by atoms with E-state index in [1.54, 1.807) is 0 Å². The molecule has 0 amide bonds. The van der Waals surface area contributed by atoms with E-state index in [4.69, 9.17) is 0 Å². The van der Waals surface area contributed by atoms with Gasteiger partial charge < -0.3 is 0 Å². The van der Waals surface area contributed by atoms with Crippen LogP contribution in [0.4, 0.5) is 0 Å². The van der Waals surface area contributed by atoms with Gasteiger partial charge in [-0.25, -0.2) is 0 Å². The molecule has 1 aliphatic rings. The lowest BCUT2D eigenvalue weighted by atomic mass is 9.82. The maximum absolute atomic E-state index is 4.13. The molecule has 0 saturated heterocycles. The van der Waals surface area contributed by atoms with Gasteiger partial charge in [0.2, 0.25) is 0 Å². The van der Waals surface area contributed by atoms with E-state index in [1.165, 1.54) is 19.3 Å².